The standard InChI is InChI=1S/C11H11N3O2S/c1-16-10(15)7-9-12-13-11(17)14(9)8-5-3-2-4-6-8/h2-6H,7H2,1H3,(H,13,17). The number of rotatable bonds is 3. The fourth-order valence-corrected chi connectivity index (χ4v) is 1.75. The van der Waals surface area contributed by atoms with E-state index in [4.69, 9.17) is 12.2 Å². The van der Waals surface area contributed by atoms with Crippen LogP contribution < -0.4 is 0 Å². The van der Waals surface area contributed by atoms with Crippen molar-refractivity contribution >= 4 is 18.2 Å². The van der Waals surface area contributed by atoms with Crippen molar-refractivity contribution in [1.29, 1.82) is 0 Å². The molecule has 17 heavy (non-hydrogen) atoms. The number of methoxy groups -OCH3 is 1. The predicted octanol–water partition coefficient (Wildman–Crippen LogP) is 1.65. The summed E-state index contributed by atoms with van der Waals surface area (Å²) in [7, 11) is 1.34. The number of H-pyrrole nitrogens is 1. The predicted molar refractivity (Wildman–Crippen MR) is 64.5 cm³/mol. The Morgan fingerprint density at radius 2 is 2.18 bits per heavy atom. The van der Waals surface area contributed by atoms with Crippen LogP contribution >= 0.6 is 12.2 Å². The van der Waals surface area contributed by atoms with Crippen molar-refractivity contribution in [3.05, 3.63) is 40.9 Å². The lowest BCUT2D eigenvalue weighted by molar-refractivity contribution is -0.139. The summed E-state index contributed by atoms with van der Waals surface area (Å²) in [5.41, 5.74) is 0.866. The molecule has 1 aromatic carbocycles. The molecule has 0 bridgehead atoms. The van der Waals surface area contributed by atoms with Gasteiger partial charge in [0.2, 0.25) is 0 Å². The molecule has 0 saturated carbocycles. The highest BCUT2D eigenvalue weighted by Crippen LogP contribution is 2.11. The van der Waals surface area contributed by atoms with E-state index in [-0.39, 0.29) is 12.4 Å². The molecule has 5 nitrogen and oxygen atoms in total. The van der Waals surface area contributed by atoms with Gasteiger partial charge in [-0.25, -0.2) is 0 Å². The van der Waals surface area contributed by atoms with Crippen molar-refractivity contribution in [1.82, 2.24) is 14.8 Å². The van der Waals surface area contributed by atoms with Crippen LogP contribution in [0.5, 0.6) is 0 Å². The molecule has 2 aromatic rings. The summed E-state index contributed by atoms with van der Waals surface area (Å²) in [4.78, 5) is 11.3. The Labute approximate surface area is 103 Å². The van der Waals surface area contributed by atoms with Gasteiger partial charge in [0.25, 0.3) is 0 Å². The van der Waals surface area contributed by atoms with Gasteiger partial charge in [0.1, 0.15) is 12.2 Å². The number of hydrogen-bond donors (Lipinski definition) is 1. The molecular formula is C11H11N3O2S. The Kier molecular flexibility index (Phi) is 3.34. The van der Waals surface area contributed by atoms with E-state index < -0.39 is 0 Å². The zero-order valence-corrected chi connectivity index (χ0v) is 10.0. The minimum absolute atomic E-state index is 0.0819. The first-order valence-electron chi connectivity index (χ1n) is 5.01. The number of aromatic nitrogens is 3. The van der Waals surface area contributed by atoms with Crippen molar-refractivity contribution in [3.8, 4) is 5.69 Å². The van der Waals surface area contributed by atoms with Crippen LogP contribution in [0.15, 0.2) is 30.3 Å². The number of ether oxygens (including phenoxy) is 1. The maximum atomic E-state index is 11.3. The van der Waals surface area contributed by atoms with Crippen molar-refractivity contribution < 1.29 is 9.53 Å². The summed E-state index contributed by atoms with van der Waals surface area (Å²) in [6, 6.07) is 9.49. The number of esters is 1. The minimum Gasteiger partial charge on any atom is -0.469 e. The lowest BCUT2D eigenvalue weighted by Gasteiger charge is -2.05. The molecule has 0 radical (unpaired) electrons. The first-order valence-corrected chi connectivity index (χ1v) is 5.41. The van der Waals surface area contributed by atoms with E-state index in [2.05, 4.69) is 14.9 Å². The van der Waals surface area contributed by atoms with E-state index in [1.165, 1.54) is 7.11 Å². The monoisotopic (exact) mass is 249 g/mol. The fourth-order valence-electron chi connectivity index (χ4n) is 1.49. The van der Waals surface area contributed by atoms with E-state index in [0.29, 0.717) is 10.6 Å². The fraction of sp³-hybridized carbons (Fsp3) is 0.182. The molecule has 0 amide bonds. The molecule has 6 heteroatoms. The van der Waals surface area contributed by atoms with Crippen molar-refractivity contribution in [2.75, 3.05) is 7.11 Å². The third-order valence-electron chi connectivity index (χ3n) is 2.29. The van der Waals surface area contributed by atoms with Crippen molar-refractivity contribution in [3.63, 3.8) is 0 Å². The third-order valence-corrected chi connectivity index (χ3v) is 2.56. The normalized spacial score (nSPS) is 10.2. The summed E-state index contributed by atoms with van der Waals surface area (Å²) < 4.78 is 6.78. The summed E-state index contributed by atoms with van der Waals surface area (Å²) >= 11 is 5.14. The van der Waals surface area contributed by atoms with Gasteiger partial charge in [0.05, 0.1) is 7.11 Å². The van der Waals surface area contributed by atoms with Crippen LogP contribution in [0.4, 0.5) is 0 Å². The molecule has 0 aliphatic carbocycles. The molecule has 2 rings (SSSR count). The molecule has 1 heterocycles. The summed E-state index contributed by atoms with van der Waals surface area (Å²) in [6.07, 6.45) is 0.0819. The van der Waals surface area contributed by atoms with Crippen LogP contribution in [0.1, 0.15) is 5.82 Å². The van der Waals surface area contributed by atoms with E-state index in [0.717, 1.165) is 5.69 Å². The number of aromatic amines is 1. The maximum Gasteiger partial charge on any atom is 0.313 e. The summed E-state index contributed by atoms with van der Waals surface area (Å²) in [5, 5.41) is 6.70. The van der Waals surface area contributed by atoms with Gasteiger partial charge in [0.15, 0.2) is 4.77 Å². The molecule has 0 aliphatic heterocycles. The van der Waals surface area contributed by atoms with Crippen LogP contribution in [-0.4, -0.2) is 27.8 Å². The molecule has 0 aliphatic rings. The summed E-state index contributed by atoms with van der Waals surface area (Å²) in [6.45, 7) is 0. The van der Waals surface area contributed by atoms with Crippen LogP contribution in [0.2, 0.25) is 0 Å². The van der Waals surface area contributed by atoms with Gasteiger partial charge in [-0.15, -0.1) is 0 Å². The second kappa shape index (κ2) is 4.92. The van der Waals surface area contributed by atoms with E-state index in [1.807, 2.05) is 30.3 Å². The van der Waals surface area contributed by atoms with E-state index in [1.54, 1.807) is 4.57 Å². The van der Waals surface area contributed by atoms with Gasteiger partial charge in [-0.3, -0.25) is 14.5 Å². The highest BCUT2D eigenvalue weighted by Gasteiger charge is 2.12. The van der Waals surface area contributed by atoms with Crippen LogP contribution in [0, 0.1) is 4.77 Å². The Morgan fingerprint density at radius 3 is 2.82 bits per heavy atom. The molecule has 0 saturated heterocycles. The highest BCUT2D eigenvalue weighted by atomic mass is 32.1. The van der Waals surface area contributed by atoms with E-state index >= 15 is 0 Å². The van der Waals surface area contributed by atoms with Gasteiger partial charge >= 0.3 is 5.97 Å². The third kappa shape index (κ3) is 2.42. The summed E-state index contributed by atoms with van der Waals surface area (Å²) in [5.74, 6) is 0.184. The Morgan fingerprint density at radius 1 is 1.47 bits per heavy atom. The molecule has 0 spiro atoms. The number of nitrogens with zero attached hydrogens (tertiary/aromatic N) is 2. The minimum atomic E-state index is -0.351. The number of benzene rings is 1. The van der Waals surface area contributed by atoms with Gasteiger partial charge < -0.3 is 4.74 Å². The zero-order chi connectivity index (χ0) is 12.3. The lowest BCUT2D eigenvalue weighted by Crippen LogP contribution is -2.10. The first kappa shape index (κ1) is 11.5. The average molecular weight is 249 g/mol. The second-order valence-corrected chi connectivity index (χ2v) is 3.76. The topological polar surface area (TPSA) is 59.9 Å². The Bertz CT molecular complexity index is 574. The smallest absolute Gasteiger partial charge is 0.313 e. The zero-order valence-electron chi connectivity index (χ0n) is 9.21. The number of hydrogen-bond acceptors (Lipinski definition) is 4. The SMILES string of the molecule is COC(=O)Cc1n[nH]c(=S)n1-c1ccccc1. The van der Waals surface area contributed by atoms with Crippen LogP contribution in [0.25, 0.3) is 5.69 Å². The number of carbonyl (C=O) groups is 1. The quantitative estimate of drug-likeness (QED) is 0.663. The lowest BCUT2D eigenvalue weighted by atomic mass is 10.3. The highest BCUT2D eigenvalue weighted by molar-refractivity contribution is 7.71. The van der Waals surface area contributed by atoms with E-state index in [9.17, 15) is 4.79 Å². The van der Waals surface area contributed by atoms with Crippen molar-refractivity contribution in [2.24, 2.45) is 0 Å². The molecule has 1 aromatic heterocycles. The average Bonchev–Trinajstić information content (AvgIpc) is 2.71. The Hall–Kier alpha value is -1.95. The first-order chi connectivity index (χ1) is 8.22. The van der Waals surface area contributed by atoms with Crippen molar-refractivity contribution in [2.45, 2.75) is 6.42 Å². The number of para-hydroxylation sites is 1. The van der Waals surface area contributed by atoms with Gasteiger partial charge in [-0.1, -0.05) is 18.2 Å². The molecule has 88 valence electrons. The van der Waals surface area contributed by atoms with Gasteiger partial charge in [-0.2, -0.15) is 5.10 Å². The molecule has 0 unspecified atom stereocenters. The van der Waals surface area contributed by atoms with Gasteiger partial charge in [0, 0.05) is 5.69 Å². The number of nitrogens with one attached hydrogen (secondary N) is 1. The largest absolute Gasteiger partial charge is 0.469 e. The molecule has 0 fully saturated rings. The number of carbonyl (C=O) groups excluding carboxylic acids is 1. The molecular weight excluding hydrogens is 238 g/mol. The molecule has 1 N–H and O–H groups in total. The van der Waals surface area contributed by atoms with Crippen LogP contribution in [-0.2, 0) is 16.0 Å². The second-order valence-electron chi connectivity index (χ2n) is 3.37. The molecule has 0 atom stereocenters. The Balaban J connectivity index is 2.44. The van der Waals surface area contributed by atoms with Gasteiger partial charge in [-0.05, 0) is 24.4 Å². The van der Waals surface area contributed by atoms with Crippen LogP contribution in [0.3, 0.4) is 0 Å². The maximum absolute atomic E-state index is 11.3.